The third-order valence-electron chi connectivity index (χ3n) is 1.94. The molecule has 0 amide bonds. The van der Waals surface area contributed by atoms with Gasteiger partial charge in [-0.15, -0.1) is 0 Å². The maximum Gasteiger partial charge on any atom is 0.118 e. The third-order valence-corrected chi connectivity index (χ3v) is 1.94. The van der Waals surface area contributed by atoms with Crippen LogP contribution in [0.2, 0.25) is 0 Å². The van der Waals surface area contributed by atoms with Crippen molar-refractivity contribution < 1.29 is 14.6 Å². The predicted octanol–water partition coefficient (Wildman–Crippen LogP) is 1.37. The lowest BCUT2D eigenvalue weighted by atomic mass is 10.1. The lowest BCUT2D eigenvalue weighted by Gasteiger charge is -2.12. The van der Waals surface area contributed by atoms with Crippen LogP contribution in [0.25, 0.3) is 0 Å². The summed E-state index contributed by atoms with van der Waals surface area (Å²) >= 11 is 0. The molecule has 72 valence electrons. The van der Waals surface area contributed by atoms with Crippen molar-refractivity contribution in [2.45, 2.75) is 6.10 Å². The van der Waals surface area contributed by atoms with Gasteiger partial charge in [0.05, 0.1) is 13.7 Å². The molecule has 0 bridgehead atoms. The van der Waals surface area contributed by atoms with Gasteiger partial charge in [0.25, 0.3) is 0 Å². The average Bonchev–Trinajstić information content (AvgIpc) is 2.21. The van der Waals surface area contributed by atoms with Crippen molar-refractivity contribution in [1.29, 1.82) is 0 Å². The molecule has 1 rings (SSSR count). The smallest absolute Gasteiger partial charge is 0.118 e. The second kappa shape index (κ2) is 4.84. The van der Waals surface area contributed by atoms with Crippen molar-refractivity contribution in [3.63, 3.8) is 0 Å². The topological polar surface area (TPSA) is 38.7 Å². The summed E-state index contributed by atoms with van der Waals surface area (Å²) in [6, 6.07) is 7.44. The van der Waals surface area contributed by atoms with Gasteiger partial charge in [-0.05, 0) is 17.7 Å². The first kappa shape index (κ1) is 10.0. The van der Waals surface area contributed by atoms with E-state index in [1.54, 1.807) is 14.2 Å². The van der Waals surface area contributed by atoms with E-state index in [1.807, 2.05) is 24.3 Å². The Morgan fingerprint density at radius 1 is 1.23 bits per heavy atom. The van der Waals surface area contributed by atoms with Gasteiger partial charge in [0.1, 0.15) is 11.9 Å². The van der Waals surface area contributed by atoms with Crippen LogP contribution in [-0.4, -0.2) is 25.9 Å². The van der Waals surface area contributed by atoms with E-state index < -0.39 is 0 Å². The molecule has 3 nitrogen and oxygen atoms in total. The average molecular weight is 182 g/mol. The summed E-state index contributed by atoms with van der Waals surface area (Å²) in [5.41, 5.74) is 0.950. The quantitative estimate of drug-likeness (QED) is 0.764. The van der Waals surface area contributed by atoms with Crippen LogP contribution in [0, 0.1) is 0 Å². The Balaban J connectivity index is 2.78. The summed E-state index contributed by atoms with van der Waals surface area (Å²) in [6.45, 7) is -0.0111. The largest absolute Gasteiger partial charge is 0.497 e. The zero-order valence-corrected chi connectivity index (χ0v) is 7.86. The minimum Gasteiger partial charge on any atom is -0.497 e. The molecule has 0 unspecified atom stereocenters. The van der Waals surface area contributed by atoms with Gasteiger partial charge in [0.15, 0.2) is 0 Å². The Hall–Kier alpha value is -1.06. The highest BCUT2D eigenvalue weighted by Gasteiger charge is 2.07. The predicted molar refractivity (Wildman–Crippen MR) is 49.8 cm³/mol. The molecule has 1 N–H and O–H groups in total. The minimum absolute atomic E-state index is 0.0111. The highest BCUT2D eigenvalue weighted by atomic mass is 16.5. The van der Waals surface area contributed by atoms with Crippen LogP contribution in [0.5, 0.6) is 5.75 Å². The molecule has 0 spiro atoms. The second-order valence-corrected chi connectivity index (χ2v) is 2.68. The van der Waals surface area contributed by atoms with Gasteiger partial charge in [0, 0.05) is 7.11 Å². The van der Waals surface area contributed by atoms with E-state index in [0.29, 0.717) is 0 Å². The molecule has 0 aliphatic heterocycles. The van der Waals surface area contributed by atoms with Crippen LogP contribution in [0.3, 0.4) is 0 Å². The molecule has 0 fully saturated rings. The fourth-order valence-electron chi connectivity index (χ4n) is 1.13. The number of benzene rings is 1. The Morgan fingerprint density at radius 2 is 1.85 bits per heavy atom. The first-order valence-corrected chi connectivity index (χ1v) is 4.09. The van der Waals surface area contributed by atoms with E-state index in [1.165, 1.54) is 0 Å². The Bertz CT molecular complexity index is 239. The van der Waals surface area contributed by atoms with Crippen molar-refractivity contribution in [1.82, 2.24) is 0 Å². The molecule has 13 heavy (non-hydrogen) atoms. The van der Waals surface area contributed by atoms with Crippen LogP contribution in [0.15, 0.2) is 24.3 Å². The summed E-state index contributed by atoms with van der Waals surface area (Å²) < 4.78 is 10.1. The van der Waals surface area contributed by atoms with Crippen molar-refractivity contribution in [3.8, 4) is 5.75 Å². The standard InChI is InChI=1S/C10H14O3/c1-12-9-5-3-8(4-6-9)10(7-11)13-2/h3-6,10-11H,7H2,1-2H3/t10-/m0/s1. The Labute approximate surface area is 77.9 Å². The molecule has 0 heterocycles. The number of rotatable bonds is 4. The molecule has 0 aromatic heterocycles. The lowest BCUT2D eigenvalue weighted by Crippen LogP contribution is -2.05. The van der Waals surface area contributed by atoms with Crippen LogP contribution in [-0.2, 0) is 4.74 Å². The zero-order valence-electron chi connectivity index (χ0n) is 7.86. The van der Waals surface area contributed by atoms with Gasteiger partial charge >= 0.3 is 0 Å². The monoisotopic (exact) mass is 182 g/mol. The molecule has 0 saturated carbocycles. The van der Waals surface area contributed by atoms with Gasteiger partial charge in [-0.3, -0.25) is 0 Å². The molecular weight excluding hydrogens is 168 g/mol. The SMILES string of the molecule is COc1ccc([C@H](CO)OC)cc1. The summed E-state index contributed by atoms with van der Waals surface area (Å²) in [6.07, 6.45) is -0.245. The third kappa shape index (κ3) is 2.44. The Kier molecular flexibility index (Phi) is 3.73. The molecule has 0 radical (unpaired) electrons. The summed E-state index contributed by atoms with van der Waals surface area (Å²) in [5, 5.41) is 8.95. The number of methoxy groups -OCH3 is 2. The number of hydrogen-bond donors (Lipinski definition) is 1. The van der Waals surface area contributed by atoms with Crippen LogP contribution in [0.4, 0.5) is 0 Å². The van der Waals surface area contributed by atoms with E-state index in [-0.39, 0.29) is 12.7 Å². The van der Waals surface area contributed by atoms with E-state index in [9.17, 15) is 0 Å². The van der Waals surface area contributed by atoms with Crippen LogP contribution >= 0.6 is 0 Å². The highest BCUT2D eigenvalue weighted by Crippen LogP contribution is 2.19. The molecule has 0 aliphatic rings. The van der Waals surface area contributed by atoms with Gasteiger partial charge in [0.2, 0.25) is 0 Å². The van der Waals surface area contributed by atoms with E-state index in [0.717, 1.165) is 11.3 Å². The minimum atomic E-state index is -0.245. The van der Waals surface area contributed by atoms with E-state index >= 15 is 0 Å². The summed E-state index contributed by atoms with van der Waals surface area (Å²) in [4.78, 5) is 0. The highest BCUT2D eigenvalue weighted by molar-refractivity contribution is 5.28. The summed E-state index contributed by atoms with van der Waals surface area (Å²) in [7, 11) is 3.19. The fraction of sp³-hybridized carbons (Fsp3) is 0.400. The van der Waals surface area contributed by atoms with Gasteiger partial charge in [-0.1, -0.05) is 12.1 Å². The number of aliphatic hydroxyl groups is 1. The first-order valence-electron chi connectivity index (χ1n) is 4.09. The summed E-state index contributed by atoms with van der Waals surface area (Å²) in [5.74, 6) is 0.802. The molecule has 0 aliphatic carbocycles. The Morgan fingerprint density at radius 3 is 2.23 bits per heavy atom. The van der Waals surface area contributed by atoms with Gasteiger partial charge < -0.3 is 14.6 Å². The molecule has 1 aromatic rings. The number of hydrogen-bond acceptors (Lipinski definition) is 3. The molecule has 0 saturated heterocycles. The van der Waals surface area contributed by atoms with Crippen molar-refractivity contribution >= 4 is 0 Å². The van der Waals surface area contributed by atoms with Crippen molar-refractivity contribution in [2.24, 2.45) is 0 Å². The first-order chi connectivity index (χ1) is 6.31. The lowest BCUT2D eigenvalue weighted by molar-refractivity contribution is 0.0484. The molecular formula is C10H14O3. The maximum atomic E-state index is 8.95. The molecule has 3 heteroatoms. The van der Waals surface area contributed by atoms with Crippen LogP contribution in [0.1, 0.15) is 11.7 Å². The van der Waals surface area contributed by atoms with E-state index in [2.05, 4.69) is 0 Å². The zero-order chi connectivity index (χ0) is 9.68. The van der Waals surface area contributed by atoms with Gasteiger partial charge in [-0.25, -0.2) is 0 Å². The van der Waals surface area contributed by atoms with Gasteiger partial charge in [-0.2, -0.15) is 0 Å². The van der Waals surface area contributed by atoms with E-state index in [4.69, 9.17) is 14.6 Å². The number of ether oxygens (including phenoxy) is 2. The van der Waals surface area contributed by atoms with Crippen molar-refractivity contribution in [3.05, 3.63) is 29.8 Å². The van der Waals surface area contributed by atoms with Crippen LogP contribution < -0.4 is 4.74 Å². The normalized spacial score (nSPS) is 12.5. The molecule has 1 aromatic carbocycles. The molecule has 1 atom stereocenters. The number of aliphatic hydroxyl groups excluding tert-OH is 1. The fourth-order valence-corrected chi connectivity index (χ4v) is 1.13. The second-order valence-electron chi connectivity index (χ2n) is 2.68. The van der Waals surface area contributed by atoms with Crippen molar-refractivity contribution in [2.75, 3.05) is 20.8 Å². The maximum absolute atomic E-state index is 8.95.